The lowest BCUT2D eigenvalue weighted by molar-refractivity contribution is -0.170. The molecule has 5 rings (SSSR count). The number of Topliss-reactive ketones (excluding diaryl/α,β-unsaturated/α-hetero) is 1. The SMILES string of the molecule is NCc1ccc(C(C(=O)c2nc3ccccc3s2)N(C(=O)C(F)(F)F)c2ccc(OCc3ccccc3)cc2)cc1. The number of nitrogens with zero attached hydrogens (tertiary/aromatic N) is 2. The van der Waals surface area contributed by atoms with Crippen LogP contribution in [0.2, 0.25) is 0 Å². The largest absolute Gasteiger partial charge is 0.489 e. The maximum Gasteiger partial charge on any atom is 0.471 e. The van der Waals surface area contributed by atoms with Crippen LogP contribution in [0.3, 0.4) is 0 Å². The molecular weight excluding hydrogens is 551 g/mol. The van der Waals surface area contributed by atoms with Gasteiger partial charge in [-0.25, -0.2) is 4.98 Å². The van der Waals surface area contributed by atoms with Crippen molar-refractivity contribution in [1.82, 2.24) is 4.98 Å². The normalized spacial score (nSPS) is 12.2. The van der Waals surface area contributed by atoms with E-state index in [-0.39, 0.29) is 29.4 Å². The van der Waals surface area contributed by atoms with E-state index in [4.69, 9.17) is 10.5 Å². The van der Waals surface area contributed by atoms with Gasteiger partial charge < -0.3 is 10.5 Å². The maximum atomic E-state index is 14.0. The molecular formula is C31H24F3N3O3S. The van der Waals surface area contributed by atoms with Gasteiger partial charge in [0.15, 0.2) is 5.01 Å². The van der Waals surface area contributed by atoms with Gasteiger partial charge in [0.2, 0.25) is 5.78 Å². The van der Waals surface area contributed by atoms with Crippen LogP contribution in [0.5, 0.6) is 5.75 Å². The number of halogens is 3. The van der Waals surface area contributed by atoms with Gasteiger partial charge in [-0.3, -0.25) is 14.5 Å². The summed E-state index contributed by atoms with van der Waals surface area (Å²) in [5.41, 5.74) is 7.93. The van der Waals surface area contributed by atoms with Crippen LogP contribution < -0.4 is 15.4 Å². The highest BCUT2D eigenvalue weighted by Gasteiger charge is 2.48. The highest BCUT2D eigenvalue weighted by molar-refractivity contribution is 7.20. The fraction of sp³-hybridized carbons (Fsp3) is 0.129. The summed E-state index contributed by atoms with van der Waals surface area (Å²) in [6.45, 7) is 0.448. The van der Waals surface area contributed by atoms with E-state index >= 15 is 0 Å². The molecule has 10 heteroatoms. The highest BCUT2D eigenvalue weighted by Crippen LogP contribution is 2.37. The number of thiazole rings is 1. The van der Waals surface area contributed by atoms with Crippen LogP contribution in [0.15, 0.2) is 103 Å². The second kappa shape index (κ2) is 11.9. The average molecular weight is 576 g/mol. The molecule has 0 saturated carbocycles. The van der Waals surface area contributed by atoms with E-state index in [1.165, 1.54) is 36.4 Å². The Balaban J connectivity index is 1.56. The number of hydrogen-bond donors (Lipinski definition) is 1. The predicted molar refractivity (Wildman–Crippen MR) is 152 cm³/mol. The van der Waals surface area contributed by atoms with Gasteiger partial charge in [0.25, 0.3) is 0 Å². The van der Waals surface area contributed by atoms with Crippen molar-refractivity contribution >= 4 is 38.9 Å². The number of alkyl halides is 3. The molecule has 0 fully saturated rings. The molecule has 0 saturated heterocycles. The summed E-state index contributed by atoms with van der Waals surface area (Å²) >= 11 is 1.05. The van der Waals surface area contributed by atoms with Gasteiger partial charge in [-0.15, -0.1) is 11.3 Å². The first kappa shape index (κ1) is 28.0. The number of carbonyl (C=O) groups excluding carboxylic acids is 2. The third kappa shape index (κ3) is 6.29. The summed E-state index contributed by atoms with van der Waals surface area (Å²) in [7, 11) is 0. The lowest BCUT2D eigenvalue weighted by Crippen LogP contribution is -2.46. The molecule has 1 heterocycles. The Hall–Kier alpha value is -4.54. The number of nitrogens with two attached hydrogens (primary N) is 1. The van der Waals surface area contributed by atoms with Crippen LogP contribution in [0.1, 0.15) is 32.5 Å². The smallest absolute Gasteiger partial charge is 0.471 e. The van der Waals surface area contributed by atoms with Gasteiger partial charge in [0, 0.05) is 12.2 Å². The van der Waals surface area contributed by atoms with Gasteiger partial charge in [0.1, 0.15) is 18.4 Å². The molecule has 0 aliphatic rings. The number of carbonyl (C=O) groups is 2. The molecule has 0 aliphatic heterocycles. The molecule has 0 radical (unpaired) electrons. The number of para-hydroxylation sites is 1. The van der Waals surface area contributed by atoms with Crippen molar-refractivity contribution in [2.75, 3.05) is 4.90 Å². The molecule has 6 nitrogen and oxygen atoms in total. The number of rotatable bonds is 9. The Morgan fingerprint density at radius 3 is 2.15 bits per heavy atom. The minimum Gasteiger partial charge on any atom is -0.489 e. The molecule has 0 spiro atoms. The predicted octanol–water partition coefficient (Wildman–Crippen LogP) is 6.85. The second-order valence-electron chi connectivity index (χ2n) is 9.14. The van der Waals surface area contributed by atoms with Crippen LogP contribution in [0.4, 0.5) is 18.9 Å². The average Bonchev–Trinajstić information content (AvgIpc) is 3.43. The van der Waals surface area contributed by atoms with E-state index in [9.17, 15) is 22.8 Å². The standard InChI is InChI=1S/C31H24F3N3O3S/c32-31(33,34)30(39)37(23-14-16-24(17-15-23)40-19-21-6-2-1-3-7-21)27(22-12-10-20(18-35)11-13-22)28(38)29-36-25-8-4-5-9-26(25)41-29/h1-17,27H,18-19,35H2. The minimum absolute atomic E-state index is 0.0121. The topological polar surface area (TPSA) is 85.5 Å². The van der Waals surface area contributed by atoms with Crippen molar-refractivity contribution in [2.24, 2.45) is 5.73 Å². The number of benzene rings is 4. The van der Waals surface area contributed by atoms with E-state index < -0.39 is 23.9 Å². The van der Waals surface area contributed by atoms with Crippen molar-refractivity contribution in [1.29, 1.82) is 0 Å². The minimum atomic E-state index is -5.26. The Labute approximate surface area is 237 Å². The number of fused-ring (bicyclic) bond motifs is 1. The Morgan fingerprint density at radius 1 is 0.854 bits per heavy atom. The van der Waals surface area contributed by atoms with Gasteiger partial charge in [-0.1, -0.05) is 66.7 Å². The molecule has 2 N–H and O–H groups in total. The summed E-state index contributed by atoms with van der Waals surface area (Å²) in [5.74, 6) is -2.54. The van der Waals surface area contributed by atoms with Crippen LogP contribution in [0, 0.1) is 0 Å². The fourth-order valence-electron chi connectivity index (χ4n) is 4.31. The van der Waals surface area contributed by atoms with E-state index in [0.717, 1.165) is 16.9 Å². The zero-order valence-corrected chi connectivity index (χ0v) is 22.4. The number of amides is 1. The van der Waals surface area contributed by atoms with E-state index in [0.29, 0.717) is 26.4 Å². The van der Waals surface area contributed by atoms with E-state index in [1.807, 2.05) is 30.3 Å². The molecule has 1 aromatic heterocycles. The van der Waals surface area contributed by atoms with Crippen molar-refractivity contribution in [3.8, 4) is 5.75 Å². The molecule has 1 unspecified atom stereocenters. The van der Waals surface area contributed by atoms with Crippen LogP contribution >= 0.6 is 11.3 Å². The Bertz CT molecular complexity index is 1620. The molecule has 0 aliphatic carbocycles. The number of anilines is 1. The van der Waals surface area contributed by atoms with Crippen LogP contribution in [0.25, 0.3) is 10.2 Å². The number of ether oxygens (including phenoxy) is 1. The Morgan fingerprint density at radius 2 is 1.51 bits per heavy atom. The zero-order valence-electron chi connectivity index (χ0n) is 21.5. The fourth-order valence-corrected chi connectivity index (χ4v) is 5.24. The summed E-state index contributed by atoms with van der Waals surface area (Å²) < 4.78 is 48.6. The molecule has 4 aromatic carbocycles. The third-order valence-corrected chi connectivity index (χ3v) is 7.42. The van der Waals surface area contributed by atoms with Gasteiger partial charge >= 0.3 is 12.1 Å². The molecule has 41 heavy (non-hydrogen) atoms. The van der Waals surface area contributed by atoms with Gasteiger partial charge in [-0.05, 0) is 53.1 Å². The molecule has 1 amide bonds. The second-order valence-corrected chi connectivity index (χ2v) is 10.2. The van der Waals surface area contributed by atoms with Crippen LogP contribution in [-0.2, 0) is 17.9 Å². The van der Waals surface area contributed by atoms with E-state index in [2.05, 4.69) is 4.98 Å². The Kier molecular flexibility index (Phi) is 8.14. The lowest BCUT2D eigenvalue weighted by atomic mass is 9.98. The number of aromatic nitrogens is 1. The van der Waals surface area contributed by atoms with Crippen molar-refractivity contribution < 1.29 is 27.5 Å². The summed E-state index contributed by atoms with van der Waals surface area (Å²) in [6.07, 6.45) is -5.26. The number of ketones is 1. The first-order valence-corrected chi connectivity index (χ1v) is 13.4. The van der Waals surface area contributed by atoms with Crippen molar-refractivity contribution in [3.05, 3.63) is 125 Å². The molecule has 208 valence electrons. The first-order chi connectivity index (χ1) is 19.7. The summed E-state index contributed by atoms with van der Waals surface area (Å²) in [5, 5.41) is -0.0121. The first-order valence-electron chi connectivity index (χ1n) is 12.6. The molecule has 5 aromatic rings. The zero-order chi connectivity index (χ0) is 29.0. The van der Waals surface area contributed by atoms with Crippen LogP contribution in [-0.4, -0.2) is 22.9 Å². The molecule has 0 bridgehead atoms. The monoisotopic (exact) mass is 575 g/mol. The van der Waals surface area contributed by atoms with Crippen molar-refractivity contribution in [2.45, 2.75) is 25.4 Å². The summed E-state index contributed by atoms with van der Waals surface area (Å²) in [4.78, 5) is 31.8. The van der Waals surface area contributed by atoms with E-state index in [1.54, 1.807) is 36.4 Å². The maximum absolute atomic E-state index is 14.0. The van der Waals surface area contributed by atoms with Gasteiger partial charge in [0.05, 0.1) is 10.2 Å². The highest BCUT2D eigenvalue weighted by atomic mass is 32.1. The third-order valence-electron chi connectivity index (χ3n) is 6.37. The van der Waals surface area contributed by atoms with Gasteiger partial charge in [-0.2, -0.15) is 13.2 Å². The van der Waals surface area contributed by atoms with Crippen molar-refractivity contribution in [3.63, 3.8) is 0 Å². The summed E-state index contributed by atoms with van der Waals surface area (Å²) in [6, 6.07) is 26.6. The quantitative estimate of drug-likeness (QED) is 0.194. The molecule has 1 atom stereocenters. The number of hydrogen-bond acceptors (Lipinski definition) is 6. The lowest BCUT2D eigenvalue weighted by Gasteiger charge is -2.31.